The van der Waals surface area contributed by atoms with Crippen molar-refractivity contribution in [1.82, 2.24) is 0 Å². The van der Waals surface area contributed by atoms with E-state index in [0.717, 1.165) is 35.5 Å². The lowest BCUT2D eigenvalue weighted by molar-refractivity contribution is 0.193. The van der Waals surface area contributed by atoms with Gasteiger partial charge in [-0.15, -0.1) is 0 Å². The Bertz CT molecular complexity index is 1410. The van der Waals surface area contributed by atoms with E-state index in [1.54, 1.807) is 22.3 Å². The van der Waals surface area contributed by atoms with Crippen molar-refractivity contribution in [3.8, 4) is 0 Å². The molecule has 1 nitrogen and oxygen atoms in total. The minimum Gasteiger partial charge on any atom is -0.373 e. The summed E-state index contributed by atoms with van der Waals surface area (Å²) in [4.78, 5) is 0. The normalized spacial score (nSPS) is 27.4. The van der Waals surface area contributed by atoms with Gasteiger partial charge >= 0.3 is 0 Å². The first-order valence-electron chi connectivity index (χ1n) is 28.3. The average Bonchev–Trinajstić information content (AvgIpc) is 3.33. The molecule has 0 amide bonds. The molecule has 2 aromatic rings. The smallest absolute Gasteiger partial charge is 0.0657 e. The van der Waals surface area contributed by atoms with Crippen LogP contribution in [-0.2, 0) is 4.74 Å². The van der Waals surface area contributed by atoms with Crippen LogP contribution in [0, 0.1) is 35.5 Å². The largest absolute Gasteiger partial charge is 0.373 e. The van der Waals surface area contributed by atoms with Crippen LogP contribution in [0.4, 0.5) is 0 Å². The molecule has 0 unspecified atom stereocenters. The van der Waals surface area contributed by atoms with Gasteiger partial charge in [-0.1, -0.05) is 191 Å². The minimum atomic E-state index is 0.661. The Kier molecular flexibility index (Phi) is 23.0. The van der Waals surface area contributed by atoms with Crippen molar-refractivity contribution in [2.75, 3.05) is 13.2 Å². The van der Waals surface area contributed by atoms with Gasteiger partial charge < -0.3 is 4.74 Å². The summed E-state index contributed by atoms with van der Waals surface area (Å²) in [6, 6.07) is 20.0. The third-order valence-electron chi connectivity index (χ3n) is 17.4. The van der Waals surface area contributed by atoms with Crippen LogP contribution in [0.25, 0.3) is 11.1 Å². The standard InChI is InChI=1S/C62H98O/c1-5-9-11-13-15-19-51-21-29-53(30-22-51)55-37-41-59(42-38-55)61(57-33-25-49(17-7-3)26-34-57)45-47-63-48-46-62(58-35-27-50(18-8-4)28-36-58)60-43-39-56(40-44-60)54-31-23-52(24-32-54)20-16-14-12-10-6-2/h37-46,49-54,57-58H,5-36,47-48H2,1-4H3/t49-,50-,51-,52-,53-,54-,57-,58-. The molecular weight excluding hydrogens is 761 g/mol. The second-order valence-electron chi connectivity index (χ2n) is 22.0. The first-order valence-corrected chi connectivity index (χ1v) is 28.3. The summed E-state index contributed by atoms with van der Waals surface area (Å²) in [5.74, 6) is 6.63. The summed E-state index contributed by atoms with van der Waals surface area (Å²) in [6.45, 7) is 10.8. The van der Waals surface area contributed by atoms with Crippen molar-refractivity contribution >= 4 is 11.1 Å². The molecule has 0 atom stereocenters. The van der Waals surface area contributed by atoms with E-state index in [0.29, 0.717) is 25.0 Å². The van der Waals surface area contributed by atoms with Gasteiger partial charge in [-0.3, -0.25) is 0 Å². The van der Waals surface area contributed by atoms with Crippen LogP contribution >= 0.6 is 0 Å². The molecule has 0 aromatic heterocycles. The van der Waals surface area contributed by atoms with Crippen molar-refractivity contribution in [2.24, 2.45) is 35.5 Å². The fourth-order valence-corrected chi connectivity index (χ4v) is 13.3. The Labute approximate surface area is 390 Å². The molecule has 0 spiro atoms. The van der Waals surface area contributed by atoms with E-state index in [9.17, 15) is 0 Å². The predicted octanol–water partition coefficient (Wildman–Crippen LogP) is 19.7. The maximum absolute atomic E-state index is 6.64. The Hall–Kier alpha value is -2.12. The Morgan fingerprint density at radius 3 is 1.06 bits per heavy atom. The number of unbranched alkanes of at least 4 members (excludes halogenated alkanes) is 8. The SMILES string of the molecule is CCCCCCC[C@H]1CC[C@H](c2ccc(C(=CCOCC=C(c3ccc([C@H]4CC[C@H](CCCCCCC)CC4)cc3)[C@H]3CC[C@H](CCC)CC3)[C@H]3CC[C@H](CCC)CC3)cc2)CC1. The van der Waals surface area contributed by atoms with Crippen molar-refractivity contribution in [3.63, 3.8) is 0 Å². The van der Waals surface area contributed by atoms with E-state index in [-0.39, 0.29) is 0 Å². The highest BCUT2D eigenvalue weighted by Gasteiger charge is 2.28. The first kappa shape index (κ1) is 50.3. The lowest BCUT2D eigenvalue weighted by Crippen LogP contribution is -2.17. The van der Waals surface area contributed by atoms with Crippen LogP contribution < -0.4 is 0 Å². The van der Waals surface area contributed by atoms with Gasteiger partial charge in [0.25, 0.3) is 0 Å². The number of benzene rings is 2. The molecule has 4 aliphatic carbocycles. The van der Waals surface area contributed by atoms with Crippen LogP contribution in [0.1, 0.15) is 267 Å². The van der Waals surface area contributed by atoms with Gasteiger partial charge in [-0.05, 0) is 183 Å². The molecule has 0 saturated heterocycles. The second kappa shape index (κ2) is 28.8. The topological polar surface area (TPSA) is 9.23 Å². The number of hydrogen-bond donors (Lipinski definition) is 0. The molecule has 0 aliphatic heterocycles. The van der Waals surface area contributed by atoms with Gasteiger partial charge in [0.2, 0.25) is 0 Å². The van der Waals surface area contributed by atoms with Crippen LogP contribution in [0.3, 0.4) is 0 Å². The summed E-state index contributed by atoms with van der Waals surface area (Å²) in [7, 11) is 0. The molecule has 4 aliphatic rings. The van der Waals surface area contributed by atoms with Gasteiger partial charge in [-0.25, -0.2) is 0 Å². The van der Waals surface area contributed by atoms with Crippen molar-refractivity contribution in [1.29, 1.82) is 0 Å². The molecular formula is C62H98O. The third kappa shape index (κ3) is 16.6. The molecule has 0 N–H and O–H groups in total. The van der Waals surface area contributed by atoms with Crippen LogP contribution in [0.5, 0.6) is 0 Å². The molecule has 6 rings (SSSR count). The van der Waals surface area contributed by atoms with Gasteiger partial charge in [-0.2, -0.15) is 0 Å². The summed E-state index contributed by atoms with van der Waals surface area (Å²) in [5, 5.41) is 0. The van der Waals surface area contributed by atoms with E-state index in [1.165, 1.54) is 217 Å². The average molecular weight is 859 g/mol. The minimum absolute atomic E-state index is 0.661. The molecule has 0 radical (unpaired) electrons. The zero-order chi connectivity index (χ0) is 43.9. The van der Waals surface area contributed by atoms with E-state index < -0.39 is 0 Å². The molecule has 0 heterocycles. The number of ether oxygens (including phenoxy) is 1. The quantitative estimate of drug-likeness (QED) is 0.0857. The second-order valence-corrected chi connectivity index (χ2v) is 22.0. The van der Waals surface area contributed by atoms with Gasteiger partial charge in [0.15, 0.2) is 0 Å². The lowest BCUT2D eigenvalue weighted by atomic mass is 9.74. The van der Waals surface area contributed by atoms with E-state index in [1.807, 2.05) is 0 Å². The predicted molar refractivity (Wildman–Crippen MR) is 277 cm³/mol. The summed E-state index contributed by atoms with van der Waals surface area (Å²) in [6.07, 6.45) is 49.8. The van der Waals surface area contributed by atoms with Crippen molar-refractivity contribution in [2.45, 2.75) is 245 Å². The monoisotopic (exact) mass is 859 g/mol. The number of hydrogen-bond acceptors (Lipinski definition) is 1. The highest BCUT2D eigenvalue weighted by Crippen LogP contribution is 2.43. The van der Waals surface area contributed by atoms with E-state index in [4.69, 9.17) is 4.74 Å². The summed E-state index contributed by atoms with van der Waals surface area (Å²) >= 11 is 0. The Morgan fingerprint density at radius 2 is 0.714 bits per heavy atom. The number of rotatable bonds is 26. The van der Waals surface area contributed by atoms with E-state index in [2.05, 4.69) is 88.4 Å². The highest BCUT2D eigenvalue weighted by atomic mass is 16.5. The Balaban J connectivity index is 1.07. The fourth-order valence-electron chi connectivity index (χ4n) is 13.3. The highest BCUT2D eigenvalue weighted by molar-refractivity contribution is 5.69. The maximum Gasteiger partial charge on any atom is 0.0657 e. The van der Waals surface area contributed by atoms with Gasteiger partial charge in [0.1, 0.15) is 0 Å². The van der Waals surface area contributed by atoms with Gasteiger partial charge in [0.05, 0.1) is 13.2 Å². The zero-order valence-electron chi connectivity index (χ0n) is 41.8. The summed E-state index contributed by atoms with van der Waals surface area (Å²) < 4.78 is 6.64. The Morgan fingerprint density at radius 1 is 0.381 bits per heavy atom. The molecule has 63 heavy (non-hydrogen) atoms. The van der Waals surface area contributed by atoms with E-state index >= 15 is 0 Å². The van der Waals surface area contributed by atoms with Crippen molar-refractivity contribution in [3.05, 3.63) is 82.9 Å². The fraction of sp³-hybridized carbons (Fsp3) is 0.742. The van der Waals surface area contributed by atoms with Crippen molar-refractivity contribution < 1.29 is 4.74 Å². The molecule has 0 bridgehead atoms. The van der Waals surface area contributed by atoms with Gasteiger partial charge in [0, 0.05) is 0 Å². The van der Waals surface area contributed by atoms with Crippen LogP contribution in [-0.4, -0.2) is 13.2 Å². The summed E-state index contributed by atoms with van der Waals surface area (Å²) in [5.41, 5.74) is 9.23. The molecule has 4 saturated carbocycles. The van der Waals surface area contributed by atoms with Crippen LogP contribution in [0.2, 0.25) is 0 Å². The molecule has 4 fully saturated rings. The lowest BCUT2D eigenvalue weighted by Gasteiger charge is -2.31. The number of allylic oxidation sites excluding steroid dienone is 2. The first-order chi connectivity index (χ1) is 31.1. The third-order valence-corrected chi connectivity index (χ3v) is 17.4. The zero-order valence-corrected chi connectivity index (χ0v) is 41.8. The molecule has 352 valence electrons. The maximum atomic E-state index is 6.64. The molecule has 1 heteroatoms. The van der Waals surface area contributed by atoms with Crippen LogP contribution in [0.15, 0.2) is 60.7 Å². The molecule has 2 aromatic carbocycles.